The maximum Gasteiger partial charge on any atom is 0.344 e. The average molecular weight is 393 g/mol. The van der Waals surface area contributed by atoms with Gasteiger partial charge in [0, 0.05) is 24.4 Å². The molecule has 7 nitrogen and oxygen atoms in total. The van der Waals surface area contributed by atoms with Crippen molar-refractivity contribution in [3.05, 3.63) is 72.6 Å². The Bertz CT molecular complexity index is 953. The van der Waals surface area contributed by atoms with Crippen LogP contribution >= 0.6 is 0 Å². The summed E-state index contributed by atoms with van der Waals surface area (Å²) in [6.07, 6.45) is 4.60. The Balaban J connectivity index is 1.49. The van der Waals surface area contributed by atoms with Crippen LogP contribution in [0.15, 0.2) is 67.0 Å². The second-order valence-electron chi connectivity index (χ2n) is 6.30. The molecule has 2 aromatic carbocycles. The molecule has 7 heteroatoms. The van der Waals surface area contributed by atoms with E-state index in [9.17, 15) is 9.59 Å². The van der Waals surface area contributed by atoms with Gasteiger partial charge in [-0.05, 0) is 43.2 Å². The highest BCUT2D eigenvalue weighted by Gasteiger charge is 2.08. The number of carbonyl (C=O) groups is 2. The minimum atomic E-state index is -0.432. The number of nitrogens with zero attached hydrogens (tertiary/aromatic N) is 2. The van der Waals surface area contributed by atoms with Crippen molar-refractivity contribution >= 4 is 17.6 Å². The molecular weight excluding hydrogens is 370 g/mol. The smallest absolute Gasteiger partial charge is 0.344 e. The van der Waals surface area contributed by atoms with E-state index in [1.165, 1.54) is 0 Å². The van der Waals surface area contributed by atoms with Crippen LogP contribution in [0.4, 0.5) is 5.69 Å². The van der Waals surface area contributed by atoms with E-state index in [-0.39, 0.29) is 12.5 Å². The van der Waals surface area contributed by atoms with Crippen LogP contribution in [0.25, 0.3) is 5.69 Å². The number of aryl methyl sites for hydroxylation is 1. The molecule has 0 radical (unpaired) electrons. The molecule has 0 atom stereocenters. The van der Waals surface area contributed by atoms with E-state index in [0.717, 1.165) is 11.3 Å². The van der Waals surface area contributed by atoms with Crippen molar-refractivity contribution in [3.8, 4) is 11.4 Å². The predicted molar refractivity (Wildman–Crippen MR) is 109 cm³/mol. The van der Waals surface area contributed by atoms with E-state index < -0.39 is 5.97 Å². The predicted octanol–water partition coefficient (Wildman–Crippen LogP) is 3.39. The van der Waals surface area contributed by atoms with Crippen molar-refractivity contribution in [1.29, 1.82) is 0 Å². The second kappa shape index (κ2) is 10.1. The molecule has 3 rings (SSSR count). The third-order valence-electron chi connectivity index (χ3n) is 4.08. The van der Waals surface area contributed by atoms with Crippen LogP contribution in [0.2, 0.25) is 0 Å². The van der Waals surface area contributed by atoms with E-state index in [4.69, 9.17) is 9.47 Å². The first-order chi connectivity index (χ1) is 14.1. The Morgan fingerprint density at radius 1 is 1.10 bits per heavy atom. The first-order valence-corrected chi connectivity index (χ1v) is 9.41. The van der Waals surface area contributed by atoms with Crippen molar-refractivity contribution in [1.82, 2.24) is 9.78 Å². The number of amides is 1. The Kier molecular flexibility index (Phi) is 7.00. The fourth-order valence-corrected chi connectivity index (χ4v) is 2.70. The zero-order valence-electron chi connectivity index (χ0n) is 16.2. The third-order valence-corrected chi connectivity index (χ3v) is 4.08. The molecule has 0 aliphatic rings. The largest absolute Gasteiger partial charge is 0.482 e. The summed E-state index contributed by atoms with van der Waals surface area (Å²) in [5.41, 5.74) is 2.56. The highest BCUT2D eigenvalue weighted by atomic mass is 16.6. The Hall–Kier alpha value is -3.61. The van der Waals surface area contributed by atoms with Crippen LogP contribution in [-0.2, 0) is 20.7 Å². The zero-order valence-corrected chi connectivity index (χ0v) is 16.2. The minimum Gasteiger partial charge on any atom is -0.482 e. The quantitative estimate of drug-likeness (QED) is 0.564. The van der Waals surface area contributed by atoms with Crippen LogP contribution in [-0.4, -0.2) is 34.9 Å². The Labute approximate surface area is 169 Å². The van der Waals surface area contributed by atoms with Gasteiger partial charge in [-0.3, -0.25) is 4.79 Å². The highest BCUT2D eigenvalue weighted by Crippen LogP contribution is 2.18. The number of esters is 1. The first kappa shape index (κ1) is 20.1. The fraction of sp³-hybridized carbons (Fsp3) is 0.227. The standard InChI is InChI=1S/C22H23N3O4/c1-2-28-22(27)16-29-20-10-6-7-18(13-20)24-21(26)12-11-17-14-23-25(15-17)19-8-4-3-5-9-19/h3-10,13-15H,2,11-12,16H2,1H3,(H,24,26). The first-order valence-electron chi connectivity index (χ1n) is 9.41. The number of ether oxygens (including phenoxy) is 2. The molecule has 0 saturated heterocycles. The monoisotopic (exact) mass is 393 g/mol. The topological polar surface area (TPSA) is 82.4 Å². The lowest BCUT2D eigenvalue weighted by molar-refractivity contribution is -0.145. The molecule has 0 saturated carbocycles. The molecule has 0 fully saturated rings. The summed E-state index contributed by atoms with van der Waals surface area (Å²) < 4.78 is 12.0. The van der Waals surface area contributed by atoms with Gasteiger partial charge < -0.3 is 14.8 Å². The summed E-state index contributed by atoms with van der Waals surface area (Å²) in [4.78, 5) is 23.6. The lowest BCUT2D eigenvalue weighted by atomic mass is 10.2. The van der Waals surface area contributed by atoms with Gasteiger partial charge in [0.15, 0.2) is 6.61 Å². The van der Waals surface area contributed by atoms with Gasteiger partial charge >= 0.3 is 5.97 Å². The minimum absolute atomic E-state index is 0.111. The van der Waals surface area contributed by atoms with Crippen LogP contribution < -0.4 is 10.1 Å². The van der Waals surface area contributed by atoms with Gasteiger partial charge in [-0.25, -0.2) is 9.48 Å². The van der Waals surface area contributed by atoms with Crippen molar-refractivity contribution in [2.45, 2.75) is 19.8 Å². The molecule has 29 heavy (non-hydrogen) atoms. The molecule has 3 aromatic rings. The van der Waals surface area contributed by atoms with Gasteiger partial charge in [0.1, 0.15) is 5.75 Å². The summed E-state index contributed by atoms with van der Waals surface area (Å²) in [7, 11) is 0. The van der Waals surface area contributed by atoms with Gasteiger partial charge in [-0.1, -0.05) is 24.3 Å². The van der Waals surface area contributed by atoms with Gasteiger partial charge in [0.2, 0.25) is 5.91 Å². The van der Waals surface area contributed by atoms with Crippen molar-refractivity contribution < 1.29 is 19.1 Å². The van der Waals surface area contributed by atoms with Crippen LogP contribution in [0.5, 0.6) is 5.75 Å². The maximum absolute atomic E-state index is 12.3. The number of nitrogens with one attached hydrogen (secondary N) is 1. The number of hydrogen-bond acceptors (Lipinski definition) is 5. The highest BCUT2D eigenvalue weighted by molar-refractivity contribution is 5.91. The van der Waals surface area contributed by atoms with Crippen LogP contribution in [0.1, 0.15) is 18.9 Å². The maximum atomic E-state index is 12.3. The number of para-hydroxylation sites is 1. The van der Waals surface area contributed by atoms with Crippen LogP contribution in [0, 0.1) is 0 Å². The summed E-state index contributed by atoms with van der Waals surface area (Å²) >= 11 is 0. The Morgan fingerprint density at radius 2 is 1.93 bits per heavy atom. The van der Waals surface area contributed by atoms with Gasteiger partial charge in [-0.2, -0.15) is 5.10 Å². The molecule has 150 valence electrons. The van der Waals surface area contributed by atoms with Gasteiger partial charge in [0.25, 0.3) is 0 Å². The van der Waals surface area contributed by atoms with Crippen molar-refractivity contribution in [2.24, 2.45) is 0 Å². The summed E-state index contributed by atoms with van der Waals surface area (Å²) in [5, 5.41) is 7.18. The number of anilines is 1. The molecule has 0 aliphatic heterocycles. The van der Waals surface area contributed by atoms with E-state index in [0.29, 0.717) is 30.9 Å². The molecule has 0 unspecified atom stereocenters. The number of hydrogen-bond donors (Lipinski definition) is 1. The van der Waals surface area contributed by atoms with Crippen LogP contribution in [0.3, 0.4) is 0 Å². The summed E-state index contributed by atoms with van der Waals surface area (Å²) in [6.45, 7) is 1.87. The molecular formula is C22H23N3O4. The van der Waals surface area contributed by atoms with Crippen molar-refractivity contribution in [3.63, 3.8) is 0 Å². The molecule has 0 aliphatic carbocycles. The Morgan fingerprint density at radius 3 is 2.72 bits per heavy atom. The fourth-order valence-electron chi connectivity index (χ4n) is 2.70. The second-order valence-corrected chi connectivity index (χ2v) is 6.30. The number of benzene rings is 2. The normalized spacial score (nSPS) is 10.4. The van der Waals surface area contributed by atoms with Gasteiger partial charge in [-0.15, -0.1) is 0 Å². The van der Waals surface area contributed by atoms with E-state index >= 15 is 0 Å². The molecule has 1 amide bonds. The van der Waals surface area contributed by atoms with Gasteiger partial charge in [0.05, 0.1) is 18.5 Å². The van der Waals surface area contributed by atoms with E-state index in [1.54, 1.807) is 42.1 Å². The number of rotatable bonds is 9. The van der Waals surface area contributed by atoms with E-state index in [1.807, 2.05) is 36.5 Å². The lowest BCUT2D eigenvalue weighted by Crippen LogP contribution is -2.15. The summed E-state index contributed by atoms with van der Waals surface area (Å²) in [6, 6.07) is 16.7. The summed E-state index contributed by atoms with van der Waals surface area (Å²) in [5.74, 6) is -0.0574. The molecule has 1 N–H and O–H groups in total. The molecule has 0 spiro atoms. The number of carbonyl (C=O) groups excluding carboxylic acids is 2. The number of aromatic nitrogens is 2. The molecule has 0 bridgehead atoms. The average Bonchev–Trinajstić information content (AvgIpc) is 3.21. The lowest BCUT2D eigenvalue weighted by Gasteiger charge is -2.09. The van der Waals surface area contributed by atoms with Crippen molar-refractivity contribution in [2.75, 3.05) is 18.5 Å². The third kappa shape index (κ3) is 6.21. The molecule has 1 heterocycles. The SMILES string of the molecule is CCOC(=O)COc1cccc(NC(=O)CCc2cnn(-c3ccccc3)c2)c1. The zero-order chi connectivity index (χ0) is 20.5. The van der Waals surface area contributed by atoms with E-state index in [2.05, 4.69) is 10.4 Å². The molecule has 1 aromatic heterocycles.